The van der Waals surface area contributed by atoms with Crippen LogP contribution in [0.1, 0.15) is 99.1 Å². The van der Waals surface area contributed by atoms with Gasteiger partial charge in [0.05, 0.1) is 17.0 Å². The molecule has 212 valence electrons. The maximum Gasteiger partial charge on any atom is 0.230 e. The lowest BCUT2D eigenvalue weighted by molar-refractivity contribution is -0.123. The van der Waals surface area contributed by atoms with Crippen molar-refractivity contribution < 1.29 is 9.53 Å². The highest BCUT2D eigenvalue weighted by Crippen LogP contribution is 2.44. The standard InChI is InChI=1S/C35H44N2O2S/c1-23-7-11-28(12-8-23)35(38)37(31-6-4-5-30(20-31)33-21-36-34(40-33)27-15-16-27)22-25-9-13-26(14-10-25)29-17-18-32(39-3)24(2)19-29/h4-6,17-21,23,25-28H,7-16,22H2,1-3H3. The Morgan fingerprint density at radius 3 is 2.40 bits per heavy atom. The number of aryl methyl sites for hydroxylation is 1. The fourth-order valence-corrected chi connectivity index (χ4v) is 7.99. The SMILES string of the molecule is COc1ccc(C2CCC(CN(C(=O)C3CCC(C)CC3)c3cccc(-c4cnc(C5CC5)s4)c3)CC2)cc1C. The summed E-state index contributed by atoms with van der Waals surface area (Å²) in [4.78, 5) is 22.2. The highest BCUT2D eigenvalue weighted by Gasteiger charge is 2.32. The van der Waals surface area contributed by atoms with Crippen LogP contribution in [0, 0.1) is 24.7 Å². The first-order chi connectivity index (χ1) is 19.5. The van der Waals surface area contributed by atoms with Crippen LogP contribution in [0.5, 0.6) is 5.75 Å². The van der Waals surface area contributed by atoms with E-state index in [1.54, 1.807) is 7.11 Å². The normalized spacial score (nSPS) is 25.0. The van der Waals surface area contributed by atoms with Crippen LogP contribution in [0.15, 0.2) is 48.7 Å². The van der Waals surface area contributed by atoms with Gasteiger partial charge in [-0.3, -0.25) is 4.79 Å². The molecule has 1 heterocycles. The van der Waals surface area contributed by atoms with Crippen LogP contribution in [-0.2, 0) is 4.79 Å². The predicted molar refractivity (Wildman–Crippen MR) is 165 cm³/mol. The van der Waals surface area contributed by atoms with Gasteiger partial charge in [-0.25, -0.2) is 4.98 Å². The molecule has 3 aliphatic rings. The first-order valence-corrected chi connectivity index (χ1v) is 16.3. The lowest BCUT2D eigenvalue weighted by Crippen LogP contribution is -2.41. The molecule has 0 radical (unpaired) electrons. The number of carbonyl (C=O) groups excluding carboxylic acids is 1. The van der Waals surface area contributed by atoms with E-state index in [0.29, 0.717) is 23.7 Å². The third kappa shape index (κ3) is 6.15. The molecular formula is C35H44N2O2S. The molecule has 0 N–H and O–H groups in total. The van der Waals surface area contributed by atoms with E-state index in [-0.39, 0.29) is 5.92 Å². The highest BCUT2D eigenvalue weighted by molar-refractivity contribution is 7.15. The Hall–Kier alpha value is -2.66. The van der Waals surface area contributed by atoms with Gasteiger partial charge in [0, 0.05) is 30.3 Å². The van der Waals surface area contributed by atoms with E-state index >= 15 is 0 Å². The molecule has 1 amide bonds. The van der Waals surface area contributed by atoms with E-state index in [1.807, 2.05) is 17.5 Å². The number of rotatable bonds is 8. The number of thiazole rings is 1. The first-order valence-electron chi connectivity index (χ1n) is 15.5. The van der Waals surface area contributed by atoms with E-state index in [1.165, 1.54) is 77.9 Å². The molecule has 3 saturated carbocycles. The second-order valence-corrected chi connectivity index (χ2v) is 13.8. The van der Waals surface area contributed by atoms with Crippen LogP contribution in [0.2, 0.25) is 0 Å². The third-order valence-corrected chi connectivity index (χ3v) is 10.9. The molecule has 3 aromatic rings. The summed E-state index contributed by atoms with van der Waals surface area (Å²) in [6, 6.07) is 15.4. The Kier molecular flexibility index (Phi) is 8.29. The van der Waals surface area contributed by atoms with Crippen LogP contribution in [0.3, 0.4) is 0 Å². The zero-order chi connectivity index (χ0) is 27.6. The number of hydrogen-bond acceptors (Lipinski definition) is 4. The molecule has 0 spiro atoms. The summed E-state index contributed by atoms with van der Waals surface area (Å²) in [6.45, 7) is 5.30. The number of nitrogens with zero attached hydrogens (tertiary/aromatic N) is 2. The summed E-state index contributed by atoms with van der Waals surface area (Å²) in [5.41, 5.74) is 4.90. The number of methoxy groups -OCH3 is 1. The first kappa shape index (κ1) is 27.5. The molecule has 0 atom stereocenters. The van der Waals surface area contributed by atoms with Crippen molar-refractivity contribution in [2.75, 3.05) is 18.6 Å². The van der Waals surface area contributed by atoms with Crippen molar-refractivity contribution >= 4 is 22.9 Å². The minimum Gasteiger partial charge on any atom is -0.496 e. The molecule has 40 heavy (non-hydrogen) atoms. The fourth-order valence-electron chi connectivity index (χ4n) is 6.91. The smallest absolute Gasteiger partial charge is 0.230 e. The third-order valence-electron chi connectivity index (χ3n) is 9.70. The monoisotopic (exact) mass is 556 g/mol. The van der Waals surface area contributed by atoms with Crippen LogP contribution >= 0.6 is 11.3 Å². The molecule has 0 aliphatic heterocycles. The lowest BCUT2D eigenvalue weighted by atomic mass is 9.78. The van der Waals surface area contributed by atoms with E-state index in [9.17, 15) is 4.79 Å². The maximum absolute atomic E-state index is 14.1. The quantitative estimate of drug-likeness (QED) is 0.278. The summed E-state index contributed by atoms with van der Waals surface area (Å²) >= 11 is 1.83. The highest BCUT2D eigenvalue weighted by atomic mass is 32.1. The molecular weight excluding hydrogens is 512 g/mol. The van der Waals surface area contributed by atoms with Gasteiger partial charge in [0.25, 0.3) is 0 Å². The lowest BCUT2D eigenvalue weighted by Gasteiger charge is -2.36. The average Bonchev–Trinajstić information content (AvgIpc) is 3.72. The van der Waals surface area contributed by atoms with Crippen LogP contribution in [-0.4, -0.2) is 24.5 Å². The number of amides is 1. The topological polar surface area (TPSA) is 42.4 Å². The van der Waals surface area contributed by atoms with Crippen LogP contribution in [0.25, 0.3) is 10.4 Å². The maximum atomic E-state index is 14.1. The minimum atomic E-state index is 0.156. The molecule has 5 heteroatoms. The van der Waals surface area contributed by atoms with Gasteiger partial charge in [-0.15, -0.1) is 11.3 Å². The molecule has 0 saturated heterocycles. The molecule has 3 aliphatic carbocycles. The number of benzene rings is 2. The Labute approximate surface area is 244 Å². The Morgan fingerprint density at radius 1 is 0.950 bits per heavy atom. The molecule has 0 bridgehead atoms. The van der Waals surface area contributed by atoms with Gasteiger partial charge in [-0.2, -0.15) is 0 Å². The molecule has 1 aromatic heterocycles. The zero-order valence-corrected chi connectivity index (χ0v) is 25.2. The van der Waals surface area contributed by atoms with Gasteiger partial charge in [0.2, 0.25) is 5.91 Å². The van der Waals surface area contributed by atoms with Gasteiger partial charge in [-0.05, 0) is 124 Å². The van der Waals surface area contributed by atoms with Crippen LogP contribution < -0.4 is 9.64 Å². The second kappa shape index (κ2) is 12.1. The van der Waals surface area contributed by atoms with E-state index in [0.717, 1.165) is 36.7 Å². The van der Waals surface area contributed by atoms with E-state index in [2.05, 4.69) is 61.2 Å². The van der Waals surface area contributed by atoms with E-state index < -0.39 is 0 Å². The van der Waals surface area contributed by atoms with Crippen LogP contribution in [0.4, 0.5) is 5.69 Å². The van der Waals surface area contributed by atoms with Crippen molar-refractivity contribution in [2.45, 2.75) is 89.9 Å². The van der Waals surface area contributed by atoms with Gasteiger partial charge >= 0.3 is 0 Å². The Morgan fingerprint density at radius 2 is 1.70 bits per heavy atom. The number of carbonyl (C=O) groups is 1. The van der Waals surface area contributed by atoms with Crippen molar-refractivity contribution in [3.05, 3.63) is 64.8 Å². The predicted octanol–water partition coefficient (Wildman–Crippen LogP) is 9.14. The summed E-state index contributed by atoms with van der Waals surface area (Å²) in [6.07, 6.45) is 13.7. The molecule has 2 aromatic carbocycles. The van der Waals surface area contributed by atoms with Gasteiger partial charge in [0.1, 0.15) is 5.75 Å². The number of hydrogen-bond donors (Lipinski definition) is 0. The number of aromatic nitrogens is 1. The van der Waals surface area contributed by atoms with Gasteiger partial charge in [0.15, 0.2) is 0 Å². The molecule has 0 unspecified atom stereocenters. The van der Waals surface area contributed by atoms with Crippen molar-refractivity contribution in [2.24, 2.45) is 17.8 Å². The minimum absolute atomic E-state index is 0.156. The number of anilines is 1. The zero-order valence-electron chi connectivity index (χ0n) is 24.4. The van der Waals surface area contributed by atoms with Crippen molar-refractivity contribution in [3.8, 4) is 16.2 Å². The summed E-state index contributed by atoms with van der Waals surface area (Å²) in [5, 5.41) is 1.27. The molecule has 6 rings (SSSR count). The Bertz CT molecular complexity index is 1310. The van der Waals surface area contributed by atoms with Gasteiger partial charge in [-0.1, -0.05) is 31.2 Å². The van der Waals surface area contributed by atoms with Crippen molar-refractivity contribution in [1.29, 1.82) is 0 Å². The molecule has 3 fully saturated rings. The summed E-state index contributed by atoms with van der Waals surface area (Å²) in [5.74, 6) is 4.02. The van der Waals surface area contributed by atoms with E-state index in [4.69, 9.17) is 9.72 Å². The average molecular weight is 557 g/mol. The fraction of sp³-hybridized carbons (Fsp3) is 0.543. The second-order valence-electron chi connectivity index (χ2n) is 12.7. The van der Waals surface area contributed by atoms with Gasteiger partial charge < -0.3 is 9.64 Å². The largest absolute Gasteiger partial charge is 0.496 e. The summed E-state index contributed by atoms with van der Waals surface area (Å²) in [7, 11) is 1.74. The van der Waals surface area contributed by atoms with Crippen molar-refractivity contribution in [1.82, 2.24) is 4.98 Å². The molecule has 4 nitrogen and oxygen atoms in total. The Balaban J connectivity index is 1.19. The number of ether oxygens (including phenoxy) is 1. The summed E-state index contributed by atoms with van der Waals surface area (Å²) < 4.78 is 5.48. The van der Waals surface area contributed by atoms with Crippen molar-refractivity contribution in [3.63, 3.8) is 0 Å².